The molecule has 6 heteroatoms. The minimum Gasteiger partial charge on any atom is -0.403 e. The van der Waals surface area contributed by atoms with Crippen LogP contribution in [-0.4, -0.2) is 16.8 Å². The highest BCUT2D eigenvalue weighted by molar-refractivity contribution is 6.11. The first-order valence-electron chi connectivity index (χ1n) is 7.12. The zero-order valence-electron chi connectivity index (χ0n) is 12.5. The minimum absolute atomic E-state index is 0.0520. The Morgan fingerprint density at radius 2 is 1.75 bits per heavy atom. The lowest BCUT2D eigenvalue weighted by Crippen LogP contribution is -2.01. The number of cyclic esters (lactones) is 1. The molecule has 0 N–H and O–H groups in total. The van der Waals surface area contributed by atoms with Gasteiger partial charge in [0.25, 0.3) is 5.69 Å². The van der Waals surface area contributed by atoms with Gasteiger partial charge in [-0.1, -0.05) is 42.5 Å². The standard InChI is InChI=1S/C18H12N2O4/c21-18-16(12-14-7-4-8-15(11-14)20(22)23)19-17(24-18)10-9-13-5-2-1-3-6-13/h1-12H/b10-9+,16-12-. The van der Waals surface area contributed by atoms with E-state index in [-0.39, 0.29) is 17.3 Å². The first-order valence-corrected chi connectivity index (χ1v) is 7.12. The number of nitrogens with zero attached hydrogens (tertiary/aromatic N) is 2. The predicted molar refractivity (Wildman–Crippen MR) is 90.1 cm³/mol. The average Bonchev–Trinajstić information content (AvgIpc) is 2.94. The van der Waals surface area contributed by atoms with E-state index >= 15 is 0 Å². The molecule has 0 fully saturated rings. The maximum absolute atomic E-state index is 11.8. The number of hydrogen-bond donors (Lipinski definition) is 0. The lowest BCUT2D eigenvalue weighted by Gasteiger charge is -1.95. The van der Waals surface area contributed by atoms with Crippen molar-refractivity contribution in [3.8, 4) is 0 Å². The number of aliphatic imine (C=N–C) groups is 1. The Balaban J connectivity index is 1.82. The Labute approximate surface area is 137 Å². The summed E-state index contributed by atoms with van der Waals surface area (Å²) in [5.41, 5.74) is 1.51. The second-order valence-corrected chi connectivity index (χ2v) is 4.97. The minimum atomic E-state index is -0.589. The molecular weight excluding hydrogens is 308 g/mol. The molecule has 1 aliphatic rings. The number of ether oxygens (including phenoxy) is 1. The first kappa shape index (κ1) is 15.4. The number of esters is 1. The molecule has 0 aliphatic carbocycles. The average molecular weight is 320 g/mol. The number of nitro benzene ring substituents is 1. The quantitative estimate of drug-likeness (QED) is 0.373. The summed E-state index contributed by atoms with van der Waals surface area (Å²) in [5.74, 6) is -0.408. The number of carbonyl (C=O) groups is 1. The Kier molecular flexibility index (Phi) is 4.29. The van der Waals surface area contributed by atoms with Crippen molar-refractivity contribution in [1.29, 1.82) is 0 Å². The Bertz CT molecular complexity index is 883. The van der Waals surface area contributed by atoms with Crippen molar-refractivity contribution < 1.29 is 14.5 Å². The fourth-order valence-corrected chi connectivity index (χ4v) is 2.11. The van der Waals surface area contributed by atoms with Crippen molar-refractivity contribution in [2.24, 2.45) is 4.99 Å². The van der Waals surface area contributed by atoms with Crippen LogP contribution in [0, 0.1) is 10.1 Å². The van der Waals surface area contributed by atoms with E-state index in [1.165, 1.54) is 18.2 Å². The summed E-state index contributed by atoms with van der Waals surface area (Å²) in [6, 6.07) is 15.5. The van der Waals surface area contributed by atoms with Crippen molar-refractivity contribution in [3.05, 3.63) is 87.6 Å². The molecule has 0 aromatic heterocycles. The fourth-order valence-electron chi connectivity index (χ4n) is 2.11. The zero-order valence-corrected chi connectivity index (χ0v) is 12.5. The summed E-state index contributed by atoms with van der Waals surface area (Å²) in [4.78, 5) is 26.2. The molecule has 24 heavy (non-hydrogen) atoms. The normalized spacial score (nSPS) is 15.6. The number of nitro groups is 1. The van der Waals surface area contributed by atoms with Crippen LogP contribution in [0.25, 0.3) is 12.2 Å². The molecule has 0 amide bonds. The molecule has 0 spiro atoms. The zero-order chi connectivity index (χ0) is 16.9. The third-order valence-electron chi connectivity index (χ3n) is 3.24. The Hall–Kier alpha value is -3.54. The van der Waals surface area contributed by atoms with Gasteiger partial charge in [0.05, 0.1) is 4.92 Å². The summed E-state index contributed by atoms with van der Waals surface area (Å²) in [6.45, 7) is 0. The van der Waals surface area contributed by atoms with Gasteiger partial charge in [0.2, 0.25) is 5.90 Å². The molecule has 0 atom stereocenters. The summed E-state index contributed by atoms with van der Waals surface area (Å²) in [5, 5.41) is 10.8. The van der Waals surface area contributed by atoms with E-state index in [1.54, 1.807) is 24.3 Å². The maximum Gasteiger partial charge on any atom is 0.363 e. The summed E-state index contributed by atoms with van der Waals surface area (Å²) in [6.07, 6.45) is 4.84. The highest BCUT2D eigenvalue weighted by atomic mass is 16.6. The van der Waals surface area contributed by atoms with E-state index in [0.29, 0.717) is 5.56 Å². The fraction of sp³-hybridized carbons (Fsp3) is 0. The van der Waals surface area contributed by atoms with E-state index in [4.69, 9.17) is 4.74 Å². The number of benzene rings is 2. The van der Waals surface area contributed by atoms with Crippen LogP contribution in [-0.2, 0) is 9.53 Å². The van der Waals surface area contributed by atoms with Gasteiger partial charge in [0.15, 0.2) is 5.70 Å². The molecule has 3 rings (SSSR count). The second kappa shape index (κ2) is 6.70. The molecule has 0 saturated heterocycles. The second-order valence-electron chi connectivity index (χ2n) is 4.97. The molecule has 0 radical (unpaired) electrons. The third-order valence-corrected chi connectivity index (χ3v) is 3.24. The molecular formula is C18H12N2O4. The molecule has 0 saturated carbocycles. The van der Waals surface area contributed by atoms with Crippen LogP contribution in [0.3, 0.4) is 0 Å². The first-order chi connectivity index (χ1) is 11.6. The molecule has 2 aromatic rings. The van der Waals surface area contributed by atoms with Crippen LogP contribution in [0.5, 0.6) is 0 Å². The summed E-state index contributed by atoms with van der Waals surface area (Å²) >= 11 is 0. The highest BCUT2D eigenvalue weighted by Gasteiger charge is 2.21. The number of rotatable bonds is 4. The summed E-state index contributed by atoms with van der Waals surface area (Å²) < 4.78 is 5.07. The van der Waals surface area contributed by atoms with Crippen LogP contribution in [0.15, 0.2) is 71.4 Å². The van der Waals surface area contributed by atoms with Crippen LogP contribution >= 0.6 is 0 Å². The molecule has 0 unspecified atom stereocenters. The molecule has 2 aromatic carbocycles. The van der Waals surface area contributed by atoms with Crippen LogP contribution in [0.4, 0.5) is 5.69 Å². The van der Waals surface area contributed by atoms with Gasteiger partial charge in [0.1, 0.15) is 0 Å². The molecule has 1 aliphatic heterocycles. The van der Waals surface area contributed by atoms with Gasteiger partial charge in [-0.15, -0.1) is 0 Å². The van der Waals surface area contributed by atoms with Crippen molar-refractivity contribution in [2.75, 3.05) is 0 Å². The SMILES string of the molecule is O=C1OC(/C=C/c2ccccc2)=NC/1=C\c1cccc([N+](=O)[O-])c1. The van der Waals surface area contributed by atoms with Gasteiger partial charge in [-0.05, 0) is 23.3 Å². The Morgan fingerprint density at radius 3 is 2.50 bits per heavy atom. The van der Waals surface area contributed by atoms with E-state index in [9.17, 15) is 14.9 Å². The molecule has 118 valence electrons. The number of carbonyl (C=O) groups excluding carboxylic acids is 1. The largest absolute Gasteiger partial charge is 0.403 e. The lowest BCUT2D eigenvalue weighted by molar-refractivity contribution is -0.384. The topological polar surface area (TPSA) is 81.8 Å². The number of non-ortho nitro benzene ring substituents is 1. The highest BCUT2D eigenvalue weighted by Crippen LogP contribution is 2.19. The van der Waals surface area contributed by atoms with E-state index in [0.717, 1.165) is 5.56 Å². The predicted octanol–water partition coefficient (Wildman–Crippen LogP) is 3.60. The van der Waals surface area contributed by atoms with Gasteiger partial charge < -0.3 is 4.74 Å². The van der Waals surface area contributed by atoms with E-state index < -0.39 is 10.9 Å². The molecule has 0 bridgehead atoms. The van der Waals surface area contributed by atoms with Crippen LogP contribution in [0.2, 0.25) is 0 Å². The van der Waals surface area contributed by atoms with Gasteiger partial charge >= 0.3 is 5.97 Å². The smallest absolute Gasteiger partial charge is 0.363 e. The molecule has 1 heterocycles. The molecule has 6 nitrogen and oxygen atoms in total. The monoisotopic (exact) mass is 320 g/mol. The van der Waals surface area contributed by atoms with Gasteiger partial charge in [-0.2, -0.15) is 0 Å². The van der Waals surface area contributed by atoms with E-state index in [2.05, 4.69) is 4.99 Å². The lowest BCUT2D eigenvalue weighted by atomic mass is 10.2. The van der Waals surface area contributed by atoms with Gasteiger partial charge in [-0.3, -0.25) is 10.1 Å². The van der Waals surface area contributed by atoms with Crippen LogP contribution in [0.1, 0.15) is 11.1 Å². The third kappa shape index (κ3) is 3.61. The Morgan fingerprint density at radius 1 is 1.00 bits per heavy atom. The van der Waals surface area contributed by atoms with Crippen molar-refractivity contribution in [1.82, 2.24) is 0 Å². The summed E-state index contributed by atoms with van der Waals surface area (Å²) in [7, 11) is 0. The van der Waals surface area contributed by atoms with Crippen molar-refractivity contribution in [3.63, 3.8) is 0 Å². The van der Waals surface area contributed by atoms with Crippen LogP contribution < -0.4 is 0 Å². The van der Waals surface area contributed by atoms with Gasteiger partial charge in [0, 0.05) is 18.2 Å². The van der Waals surface area contributed by atoms with Gasteiger partial charge in [-0.25, -0.2) is 9.79 Å². The van der Waals surface area contributed by atoms with E-state index in [1.807, 2.05) is 30.3 Å². The maximum atomic E-state index is 11.8. The van der Waals surface area contributed by atoms with Crippen molar-refractivity contribution in [2.45, 2.75) is 0 Å². The number of hydrogen-bond acceptors (Lipinski definition) is 5. The van der Waals surface area contributed by atoms with Crippen molar-refractivity contribution >= 4 is 29.7 Å².